The van der Waals surface area contributed by atoms with Crippen LogP contribution in [0.3, 0.4) is 0 Å². The monoisotopic (exact) mass is 328 g/mol. The van der Waals surface area contributed by atoms with Crippen molar-refractivity contribution in [3.05, 3.63) is 39.4 Å². The van der Waals surface area contributed by atoms with Crippen molar-refractivity contribution in [1.82, 2.24) is 4.90 Å². The summed E-state index contributed by atoms with van der Waals surface area (Å²) in [5.74, 6) is -0.163. The number of carbonyl (C=O) groups excluding carboxylic acids is 1. The summed E-state index contributed by atoms with van der Waals surface area (Å²) in [6.07, 6.45) is 0.854. The van der Waals surface area contributed by atoms with Crippen LogP contribution < -0.4 is 0 Å². The standard InChI is InChI=1S/C13H17BrN2O3/c1-3-7-15(8-6-14)13(17)11-5-4-10(2)12(9-11)16(18)19/h4-5,9H,3,6-8H2,1-2H3. The largest absolute Gasteiger partial charge is 0.338 e. The number of aryl methyl sites for hydroxylation is 1. The van der Waals surface area contributed by atoms with Gasteiger partial charge in [0, 0.05) is 35.6 Å². The number of nitrogens with zero attached hydrogens (tertiary/aromatic N) is 2. The minimum Gasteiger partial charge on any atom is -0.338 e. The van der Waals surface area contributed by atoms with Crippen LogP contribution in [0.15, 0.2) is 18.2 Å². The second-order valence-electron chi connectivity index (χ2n) is 4.24. The van der Waals surface area contributed by atoms with Crippen molar-refractivity contribution in [2.24, 2.45) is 0 Å². The molecule has 0 bridgehead atoms. The molecule has 0 aliphatic carbocycles. The van der Waals surface area contributed by atoms with Crippen molar-refractivity contribution < 1.29 is 9.72 Å². The minimum atomic E-state index is -0.458. The summed E-state index contributed by atoms with van der Waals surface area (Å²) >= 11 is 3.31. The Hall–Kier alpha value is -1.43. The van der Waals surface area contributed by atoms with Gasteiger partial charge in [-0.1, -0.05) is 28.9 Å². The lowest BCUT2D eigenvalue weighted by atomic mass is 10.1. The number of nitro groups is 1. The summed E-state index contributed by atoms with van der Waals surface area (Å²) in [6.45, 7) is 4.89. The predicted molar refractivity (Wildman–Crippen MR) is 77.8 cm³/mol. The molecule has 1 rings (SSSR count). The van der Waals surface area contributed by atoms with Crippen LogP contribution in [-0.4, -0.2) is 34.2 Å². The zero-order valence-corrected chi connectivity index (χ0v) is 12.6. The molecule has 1 aromatic rings. The van der Waals surface area contributed by atoms with Gasteiger partial charge in [-0.3, -0.25) is 14.9 Å². The molecule has 0 saturated heterocycles. The van der Waals surface area contributed by atoms with E-state index in [1.165, 1.54) is 6.07 Å². The van der Waals surface area contributed by atoms with Crippen LogP contribution in [0.25, 0.3) is 0 Å². The fourth-order valence-electron chi connectivity index (χ4n) is 1.81. The third-order valence-electron chi connectivity index (χ3n) is 2.79. The molecule has 1 aromatic carbocycles. The molecule has 0 N–H and O–H groups in total. The number of nitro benzene ring substituents is 1. The third kappa shape index (κ3) is 4.02. The highest BCUT2D eigenvalue weighted by atomic mass is 79.9. The summed E-state index contributed by atoms with van der Waals surface area (Å²) in [4.78, 5) is 24.4. The lowest BCUT2D eigenvalue weighted by Gasteiger charge is -2.21. The number of rotatable bonds is 6. The molecule has 1 amide bonds. The average Bonchev–Trinajstić information content (AvgIpc) is 2.38. The van der Waals surface area contributed by atoms with Gasteiger partial charge in [-0.2, -0.15) is 0 Å². The van der Waals surface area contributed by atoms with Crippen LogP contribution >= 0.6 is 15.9 Å². The number of benzene rings is 1. The van der Waals surface area contributed by atoms with Crippen molar-refractivity contribution >= 4 is 27.5 Å². The Bertz CT molecular complexity index is 471. The second-order valence-corrected chi connectivity index (χ2v) is 5.03. The SMILES string of the molecule is CCCN(CCBr)C(=O)c1ccc(C)c([N+](=O)[O-])c1. The van der Waals surface area contributed by atoms with E-state index < -0.39 is 4.92 Å². The zero-order chi connectivity index (χ0) is 14.4. The molecular formula is C13H17BrN2O3. The lowest BCUT2D eigenvalue weighted by Crippen LogP contribution is -2.33. The number of hydrogen-bond acceptors (Lipinski definition) is 3. The Morgan fingerprint density at radius 3 is 2.63 bits per heavy atom. The molecule has 0 saturated carbocycles. The highest BCUT2D eigenvalue weighted by Gasteiger charge is 2.18. The van der Waals surface area contributed by atoms with E-state index in [1.807, 2.05) is 6.92 Å². The Balaban J connectivity index is 3.04. The summed E-state index contributed by atoms with van der Waals surface area (Å²) in [5.41, 5.74) is 0.914. The summed E-state index contributed by atoms with van der Waals surface area (Å²) in [7, 11) is 0. The smallest absolute Gasteiger partial charge is 0.273 e. The first-order chi connectivity index (χ1) is 9.01. The molecule has 19 heavy (non-hydrogen) atoms. The van der Waals surface area contributed by atoms with Gasteiger partial charge in [0.2, 0.25) is 0 Å². The molecule has 5 nitrogen and oxygen atoms in total. The third-order valence-corrected chi connectivity index (χ3v) is 3.14. The van der Waals surface area contributed by atoms with Gasteiger partial charge in [-0.25, -0.2) is 0 Å². The van der Waals surface area contributed by atoms with Crippen molar-refractivity contribution in [1.29, 1.82) is 0 Å². The van der Waals surface area contributed by atoms with Gasteiger partial charge in [0.15, 0.2) is 0 Å². The minimum absolute atomic E-state index is 0.0128. The van der Waals surface area contributed by atoms with Gasteiger partial charge < -0.3 is 4.90 Å². The van der Waals surface area contributed by atoms with Crippen LogP contribution in [0.4, 0.5) is 5.69 Å². The normalized spacial score (nSPS) is 10.3. The van der Waals surface area contributed by atoms with Crippen LogP contribution in [0.1, 0.15) is 29.3 Å². The molecule has 0 radical (unpaired) electrons. The van der Waals surface area contributed by atoms with E-state index in [9.17, 15) is 14.9 Å². The van der Waals surface area contributed by atoms with Crippen molar-refractivity contribution in [2.45, 2.75) is 20.3 Å². The Kier molecular flexibility index (Phi) is 5.95. The fourth-order valence-corrected chi connectivity index (χ4v) is 2.24. The topological polar surface area (TPSA) is 63.5 Å². The molecule has 0 aromatic heterocycles. The van der Waals surface area contributed by atoms with Gasteiger partial charge in [0.05, 0.1) is 4.92 Å². The maximum absolute atomic E-state index is 12.3. The molecule has 0 atom stereocenters. The summed E-state index contributed by atoms with van der Waals surface area (Å²) < 4.78 is 0. The summed E-state index contributed by atoms with van der Waals surface area (Å²) in [5, 5.41) is 11.6. The molecule has 0 aliphatic heterocycles. The van der Waals surface area contributed by atoms with Crippen LogP contribution in [0.5, 0.6) is 0 Å². The number of alkyl halides is 1. The van der Waals surface area contributed by atoms with Gasteiger partial charge >= 0.3 is 0 Å². The molecular weight excluding hydrogens is 312 g/mol. The average molecular weight is 329 g/mol. The first-order valence-corrected chi connectivity index (χ1v) is 7.23. The van der Waals surface area contributed by atoms with E-state index in [4.69, 9.17) is 0 Å². The van der Waals surface area contributed by atoms with Crippen LogP contribution in [0.2, 0.25) is 0 Å². The first kappa shape index (κ1) is 15.6. The summed E-state index contributed by atoms with van der Waals surface area (Å²) in [6, 6.07) is 4.61. The van der Waals surface area contributed by atoms with Crippen molar-refractivity contribution in [3.8, 4) is 0 Å². The maximum Gasteiger partial charge on any atom is 0.273 e. The van der Waals surface area contributed by atoms with Gasteiger partial charge in [-0.15, -0.1) is 0 Å². The predicted octanol–water partition coefficient (Wildman–Crippen LogP) is 3.15. The van der Waals surface area contributed by atoms with Gasteiger partial charge in [0.1, 0.15) is 0 Å². The molecule has 0 unspecified atom stereocenters. The second kappa shape index (κ2) is 7.23. The van der Waals surface area contributed by atoms with Crippen molar-refractivity contribution in [2.75, 3.05) is 18.4 Å². The van der Waals surface area contributed by atoms with E-state index in [-0.39, 0.29) is 11.6 Å². The van der Waals surface area contributed by atoms with Gasteiger partial charge in [0.25, 0.3) is 11.6 Å². The van der Waals surface area contributed by atoms with E-state index >= 15 is 0 Å². The van der Waals surface area contributed by atoms with Crippen LogP contribution in [-0.2, 0) is 0 Å². The first-order valence-electron chi connectivity index (χ1n) is 6.11. The molecule has 0 heterocycles. The number of carbonyl (C=O) groups is 1. The Morgan fingerprint density at radius 2 is 2.11 bits per heavy atom. The molecule has 6 heteroatoms. The Labute approximate surface area is 120 Å². The van der Waals surface area contributed by atoms with E-state index in [2.05, 4.69) is 15.9 Å². The quantitative estimate of drug-likeness (QED) is 0.457. The van der Waals surface area contributed by atoms with Crippen LogP contribution in [0, 0.1) is 17.0 Å². The Morgan fingerprint density at radius 1 is 1.42 bits per heavy atom. The maximum atomic E-state index is 12.3. The zero-order valence-electron chi connectivity index (χ0n) is 11.1. The molecule has 0 spiro atoms. The number of amides is 1. The number of hydrogen-bond donors (Lipinski definition) is 0. The molecule has 0 aliphatic rings. The van der Waals surface area contributed by atoms with E-state index in [0.29, 0.717) is 29.5 Å². The molecule has 0 fully saturated rings. The highest BCUT2D eigenvalue weighted by molar-refractivity contribution is 9.09. The fraction of sp³-hybridized carbons (Fsp3) is 0.462. The van der Waals surface area contributed by atoms with E-state index in [0.717, 1.165) is 6.42 Å². The van der Waals surface area contributed by atoms with Crippen molar-refractivity contribution in [3.63, 3.8) is 0 Å². The van der Waals surface area contributed by atoms with Gasteiger partial charge in [-0.05, 0) is 19.4 Å². The lowest BCUT2D eigenvalue weighted by molar-refractivity contribution is -0.385. The van der Waals surface area contributed by atoms with E-state index in [1.54, 1.807) is 24.0 Å². The molecule has 104 valence electrons. The highest BCUT2D eigenvalue weighted by Crippen LogP contribution is 2.20. The number of halogens is 1.